The smallest absolute Gasteiger partial charge is 0.268 e. The van der Waals surface area contributed by atoms with Crippen LogP contribution in [0.3, 0.4) is 0 Å². The summed E-state index contributed by atoms with van der Waals surface area (Å²) in [6.07, 6.45) is 1.69. The van der Waals surface area contributed by atoms with Crippen LogP contribution in [-0.4, -0.2) is 15.5 Å². The molecule has 6 heteroatoms. The van der Waals surface area contributed by atoms with Gasteiger partial charge in [-0.15, -0.1) is 11.3 Å². The van der Waals surface area contributed by atoms with Crippen LogP contribution in [0.4, 0.5) is 4.39 Å². The van der Waals surface area contributed by atoms with Gasteiger partial charge < -0.3 is 9.88 Å². The molecule has 0 atom stereocenters. The van der Waals surface area contributed by atoms with Crippen molar-refractivity contribution < 1.29 is 9.18 Å². The summed E-state index contributed by atoms with van der Waals surface area (Å²) in [6, 6.07) is 16.0. The van der Waals surface area contributed by atoms with E-state index in [2.05, 4.69) is 10.3 Å². The lowest BCUT2D eigenvalue weighted by Gasteiger charge is -2.11. The number of aromatic nitrogens is 2. The number of thiophene rings is 1. The Balaban J connectivity index is 1.63. The van der Waals surface area contributed by atoms with E-state index in [-0.39, 0.29) is 11.7 Å². The first-order valence-corrected chi connectivity index (χ1v) is 9.08. The first-order chi connectivity index (χ1) is 12.7. The van der Waals surface area contributed by atoms with Crippen molar-refractivity contribution in [2.75, 3.05) is 0 Å². The number of carbonyl (C=O) groups excluding carboxylic acids is 1. The lowest BCUT2D eigenvalue weighted by Crippen LogP contribution is -2.26. The summed E-state index contributed by atoms with van der Waals surface area (Å²) >= 11 is 1.56. The molecule has 0 saturated carbocycles. The van der Waals surface area contributed by atoms with Gasteiger partial charge in [-0.05, 0) is 35.7 Å². The quantitative estimate of drug-likeness (QED) is 0.576. The van der Waals surface area contributed by atoms with Crippen molar-refractivity contribution >= 4 is 27.5 Å². The Labute approximate surface area is 153 Å². The maximum Gasteiger partial charge on any atom is 0.268 e. The molecule has 4 aromatic rings. The van der Waals surface area contributed by atoms with E-state index < -0.39 is 0 Å². The van der Waals surface area contributed by atoms with Crippen LogP contribution in [0.1, 0.15) is 21.7 Å². The maximum atomic E-state index is 14.1. The number of amides is 1. The largest absolute Gasteiger partial charge is 0.345 e. The lowest BCUT2D eigenvalue weighted by molar-refractivity contribution is 0.0942. The fraction of sp³-hybridized carbons (Fsp3) is 0.100. The SMILES string of the molecule is O=C(NCc1ccccn1)c1cc2sccc2n1Cc1ccccc1F. The number of nitrogens with one attached hydrogen (secondary N) is 1. The minimum absolute atomic E-state index is 0.199. The van der Waals surface area contributed by atoms with Crippen LogP contribution in [-0.2, 0) is 13.1 Å². The number of benzene rings is 1. The van der Waals surface area contributed by atoms with Gasteiger partial charge in [0.15, 0.2) is 0 Å². The molecule has 1 amide bonds. The van der Waals surface area contributed by atoms with E-state index in [1.165, 1.54) is 6.07 Å². The molecule has 0 saturated heterocycles. The van der Waals surface area contributed by atoms with Crippen molar-refractivity contribution in [1.82, 2.24) is 14.9 Å². The third kappa shape index (κ3) is 3.23. The Morgan fingerprint density at radius 2 is 2.00 bits per heavy atom. The summed E-state index contributed by atoms with van der Waals surface area (Å²) < 4.78 is 17.0. The normalized spacial score (nSPS) is 11.0. The van der Waals surface area contributed by atoms with Gasteiger partial charge in [0.25, 0.3) is 5.91 Å². The summed E-state index contributed by atoms with van der Waals surface area (Å²) in [5.41, 5.74) is 2.79. The van der Waals surface area contributed by atoms with E-state index in [9.17, 15) is 9.18 Å². The Morgan fingerprint density at radius 1 is 1.15 bits per heavy atom. The van der Waals surface area contributed by atoms with Gasteiger partial charge in [-0.3, -0.25) is 9.78 Å². The van der Waals surface area contributed by atoms with Crippen LogP contribution in [0, 0.1) is 5.82 Å². The molecule has 26 heavy (non-hydrogen) atoms. The zero-order valence-electron chi connectivity index (χ0n) is 13.9. The predicted molar refractivity (Wildman–Crippen MR) is 101 cm³/mol. The number of carbonyl (C=O) groups is 1. The van der Waals surface area contributed by atoms with Crippen LogP contribution in [0.15, 0.2) is 66.2 Å². The van der Waals surface area contributed by atoms with Crippen LogP contribution in [0.25, 0.3) is 10.2 Å². The molecule has 130 valence electrons. The number of nitrogens with zero attached hydrogens (tertiary/aromatic N) is 2. The van der Waals surface area contributed by atoms with Crippen LogP contribution >= 0.6 is 11.3 Å². The second-order valence-corrected chi connectivity index (χ2v) is 6.83. The second kappa shape index (κ2) is 7.09. The third-order valence-electron chi connectivity index (χ3n) is 4.20. The summed E-state index contributed by atoms with van der Waals surface area (Å²) in [4.78, 5) is 16.9. The molecule has 3 aromatic heterocycles. The van der Waals surface area contributed by atoms with Crippen LogP contribution < -0.4 is 5.32 Å². The van der Waals surface area contributed by atoms with E-state index in [0.717, 1.165) is 15.9 Å². The summed E-state index contributed by atoms with van der Waals surface area (Å²) in [5, 5.41) is 4.87. The summed E-state index contributed by atoms with van der Waals surface area (Å²) in [6.45, 7) is 0.650. The van der Waals surface area contributed by atoms with Gasteiger partial charge in [0, 0.05) is 11.8 Å². The van der Waals surface area contributed by atoms with Crippen molar-refractivity contribution in [2.45, 2.75) is 13.1 Å². The molecule has 1 N–H and O–H groups in total. The predicted octanol–water partition coefficient (Wildman–Crippen LogP) is 4.22. The number of hydrogen-bond acceptors (Lipinski definition) is 3. The highest BCUT2D eigenvalue weighted by Gasteiger charge is 2.17. The van der Waals surface area contributed by atoms with E-state index in [1.807, 2.05) is 40.3 Å². The van der Waals surface area contributed by atoms with Gasteiger partial charge in [-0.25, -0.2) is 4.39 Å². The Morgan fingerprint density at radius 3 is 2.81 bits per heavy atom. The van der Waals surface area contributed by atoms with Gasteiger partial charge in [-0.1, -0.05) is 24.3 Å². The summed E-state index contributed by atoms with van der Waals surface area (Å²) in [7, 11) is 0. The molecule has 0 aliphatic rings. The lowest BCUT2D eigenvalue weighted by atomic mass is 10.2. The number of fused-ring (bicyclic) bond motifs is 1. The van der Waals surface area contributed by atoms with Gasteiger partial charge in [0.1, 0.15) is 11.5 Å². The van der Waals surface area contributed by atoms with Crippen molar-refractivity contribution in [3.63, 3.8) is 0 Å². The monoisotopic (exact) mass is 365 g/mol. The Kier molecular flexibility index (Phi) is 4.50. The molecule has 0 radical (unpaired) electrons. The minimum Gasteiger partial charge on any atom is -0.345 e. The van der Waals surface area contributed by atoms with E-state index >= 15 is 0 Å². The average Bonchev–Trinajstić information content (AvgIpc) is 3.25. The number of halogens is 1. The van der Waals surface area contributed by atoms with Crippen molar-refractivity contribution in [2.24, 2.45) is 0 Å². The molecule has 0 bridgehead atoms. The van der Waals surface area contributed by atoms with Crippen molar-refractivity contribution in [3.8, 4) is 0 Å². The molecule has 0 unspecified atom stereocenters. The number of rotatable bonds is 5. The molecular formula is C20H16FN3OS. The highest BCUT2D eigenvalue weighted by molar-refractivity contribution is 7.17. The molecule has 0 fully saturated rings. The fourth-order valence-electron chi connectivity index (χ4n) is 2.90. The maximum absolute atomic E-state index is 14.1. The first kappa shape index (κ1) is 16.5. The number of hydrogen-bond donors (Lipinski definition) is 1. The van der Waals surface area contributed by atoms with E-state index in [1.54, 1.807) is 35.7 Å². The van der Waals surface area contributed by atoms with Crippen LogP contribution in [0.5, 0.6) is 0 Å². The Bertz CT molecular complexity index is 1060. The highest BCUT2D eigenvalue weighted by atomic mass is 32.1. The highest BCUT2D eigenvalue weighted by Crippen LogP contribution is 2.26. The van der Waals surface area contributed by atoms with E-state index in [4.69, 9.17) is 0 Å². The van der Waals surface area contributed by atoms with Crippen LogP contribution in [0.2, 0.25) is 0 Å². The molecular weight excluding hydrogens is 349 g/mol. The van der Waals surface area contributed by atoms with E-state index in [0.29, 0.717) is 24.3 Å². The topological polar surface area (TPSA) is 46.9 Å². The zero-order valence-corrected chi connectivity index (χ0v) is 14.7. The average molecular weight is 365 g/mol. The first-order valence-electron chi connectivity index (χ1n) is 8.20. The molecule has 4 rings (SSSR count). The zero-order chi connectivity index (χ0) is 17.9. The summed E-state index contributed by atoms with van der Waals surface area (Å²) in [5.74, 6) is -0.472. The molecule has 0 aliphatic heterocycles. The molecule has 0 spiro atoms. The van der Waals surface area contributed by atoms with Gasteiger partial charge in [0.05, 0.1) is 29.0 Å². The number of pyridine rings is 1. The minimum atomic E-state index is -0.274. The fourth-order valence-corrected chi connectivity index (χ4v) is 3.72. The Hall–Kier alpha value is -2.99. The third-order valence-corrected chi connectivity index (χ3v) is 5.05. The van der Waals surface area contributed by atoms with Crippen molar-refractivity contribution in [3.05, 3.63) is 88.9 Å². The standard InChI is InChI=1S/C20H16FN3OS/c21-16-7-2-1-5-14(16)13-24-17-8-10-26-19(17)11-18(24)20(25)23-12-15-6-3-4-9-22-15/h1-11H,12-13H2,(H,23,25). The molecule has 4 nitrogen and oxygen atoms in total. The molecule has 3 heterocycles. The van der Waals surface area contributed by atoms with Gasteiger partial charge in [0.2, 0.25) is 0 Å². The molecule has 0 aliphatic carbocycles. The molecule has 1 aromatic carbocycles. The second-order valence-electron chi connectivity index (χ2n) is 5.88. The van der Waals surface area contributed by atoms with Gasteiger partial charge >= 0.3 is 0 Å². The van der Waals surface area contributed by atoms with Crippen molar-refractivity contribution in [1.29, 1.82) is 0 Å². The van der Waals surface area contributed by atoms with Gasteiger partial charge in [-0.2, -0.15) is 0 Å².